The number of carbonyl (C=O) groups excluding carboxylic acids is 1. The lowest BCUT2D eigenvalue weighted by Gasteiger charge is -2.20. The third-order valence-corrected chi connectivity index (χ3v) is 3.80. The Balaban J connectivity index is 2.45. The second kappa shape index (κ2) is 10.1. The molecule has 0 saturated carbocycles. The minimum atomic E-state index is -0.572. The van der Waals surface area contributed by atoms with Crippen LogP contribution in [0.1, 0.15) is 57.9 Å². The number of phenolic OH excluding ortho intramolecular Hbond substituents is 2. The molecule has 1 aromatic carbocycles. The molecule has 0 radical (unpaired) electrons. The smallest absolute Gasteiger partial charge is 0.302 e. The molecule has 0 saturated heterocycles. The molecular formula is C18H28O5. The quantitative estimate of drug-likeness (QED) is 0.349. The van der Waals surface area contributed by atoms with Gasteiger partial charge in [-0.25, -0.2) is 0 Å². The minimum absolute atomic E-state index is 0.153. The van der Waals surface area contributed by atoms with Crippen LogP contribution in [-0.2, 0) is 16.0 Å². The van der Waals surface area contributed by atoms with E-state index < -0.39 is 6.10 Å². The molecule has 23 heavy (non-hydrogen) atoms. The number of aliphatic hydroxyl groups excluding tert-OH is 1. The van der Waals surface area contributed by atoms with Crippen molar-refractivity contribution in [3.8, 4) is 11.5 Å². The van der Waals surface area contributed by atoms with E-state index in [4.69, 9.17) is 4.74 Å². The minimum Gasteiger partial charge on any atom is -0.504 e. The topological polar surface area (TPSA) is 87.0 Å². The lowest BCUT2D eigenvalue weighted by Crippen LogP contribution is -2.23. The van der Waals surface area contributed by atoms with Gasteiger partial charge in [0.25, 0.3) is 0 Å². The van der Waals surface area contributed by atoms with Crippen molar-refractivity contribution in [2.45, 2.75) is 71.0 Å². The summed E-state index contributed by atoms with van der Waals surface area (Å²) in [6.07, 6.45) is 4.62. The number of hydrogen-bond donors (Lipinski definition) is 3. The average Bonchev–Trinajstić information content (AvgIpc) is 2.48. The highest BCUT2D eigenvalue weighted by molar-refractivity contribution is 5.66. The molecule has 5 heteroatoms. The molecule has 0 fully saturated rings. The van der Waals surface area contributed by atoms with Crippen LogP contribution in [0, 0.1) is 0 Å². The van der Waals surface area contributed by atoms with Crippen LogP contribution in [0.15, 0.2) is 18.2 Å². The van der Waals surface area contributed by atoms with Gasteiger partial charge in [-0.1, -0.05) is 25.8 Å². The molecule has 0 spiro atoms. The standard InChI is InChI=1S/C18H28O5/c1-3-4-5-6-16(23-13(2)19)12-15(20)9-7-14-8-10-17(21)18(22)11-14/h8,10-11,15-16,20-22H,3-7,9,12H2,1-2H3/t15-,16-/m0/s1. The average molecular weight is 324 g/mol. The van der Waals surface area contributed by atoms with Crippen LogP contribution in [0.4, 0.5) is 0 Å². The SMILES string of the molecule is CCCCC[C@@H](C[C@@H](O)CCc1ccc(O)c(O)c1)OC(C)=O. The molecule has 0 aliphatic carbocycles. The molecule has 2 atom stereocenters. The largest absolute Gasteiger partial charge is 0.504 e. The van der Waals surface area contributed by atoms with Crippen molar-refractivity contribution >= 4 is 5.97 Å². The number of aromatic hydroxyl groups is 2. The maximum Gasteiger partial charge on any atom is 0.302 e. The van der Waals surface area contributed by atoms with E-state index >= 15 is 0 Å². The summed E-state index contributed by atoms with van der Waals surface area (Å²) in [5.74, 6) is -0.628. The van der Waals surface area contributed by atoms with Gasteiger partial charge < -0.3 is 20.1 Å². The summed E-state index contributed by atoms with van der Waals surface area (Å²) in [5.41, 5.74) is 0.842. The van der Waals surface area contributed by atoms with Gasteiger partial charge in [0.1, 0.15) is 6.10 Å². The third-order valence-electron chi connectivity index (χ3n) is 3.80. The molecule has 0 unspecified atom stereocenters. The van der Waals surface area contributed by atoms with E-state index in [1.165, 1.54) is 19.1 Å². The fraction of sp³-hybridized carbons (Fsp3) is 0.611. The molecule has 0 aromatic heterocycles. The summed E-state index contributed by atoms with van der Waals surface area (Å²) in [6, 6.07) is 4.64. The summed E-state index contributed by atoms with van der Waals surface area (Å²) in [7, 11) is 0. The Labute approximate surface area is 137 Å². The molecule has 5 nitrogen and oxygen atoms in total. The van der Waals surface area contributed by atoms with Crippen LogP contribution in [0.25, 0.3) is 0 Å². The van der Waals surface area contributed by atoms with Crippen LogP contribution in [0.2, 0.25) is 0 Å². The monoisotopic (exact) mass is 324 g/mol. The summed E-state index contributed by atoms with van der Waals surface area (Å²) < 4.78 is 5.28. The highest BCUT2D eigenvalue weighted by Gasteiger charge is 2.17. The lowest BCUT2D eigenvalue weighted by molar-refractivity contribution is -0.148. The zero-order valence-electron chi connectivity index (χ0n) is 14.0. The molecule has 0 aliphatic heterocycles. The zero-order chi connectivity index (χ0) is 17.2. The molecule has 0 heterocycles. The fourth-order valence-corrected chi connectivity index (χ4v) is 2.56. The van der Waals surface area contributed by atoms with Gasteiger partial charge in [-0.05, 0) is 43.4 Å². The molecule has 3 N–H and O–H groups in total. The van der Waals surface area contributed by atoms with Crippen LogP contribution in [-0.4, -0.2) is 33.5 Å². The predicted molar refractivity (Wildman–Crippen MR) is 88.4 cm³/mol. The third kappa shape index (κ3) is 7.88. The number of benzene rings is 1. The van der Waals surface area contributed by atoms with Gasteiger partial charge in [-0.2, -0.15) is 0 Å². The number of hydrogen-bond acceptors (Lipinski definition) is 5. The first-order valence-corrected chi connectivity index (χ1v) is 8.28. The molecule has 0 aliphatic rings. The Hall–Kier alpha value is -1.75. The predicted octanol–water partition coefficient (Wildman–Crippen LogP) is 3.29. The summed E-state index contributed by atoms with van der Waals surface area (Å²) in [4.78, 5) is 11.2. The van der Waals surface area contributed by atoms with Crippen molar-refractivity contribution in [3.05, 3.63) is 23.8 Å². The van der Waals surface area contributed by atoms with E-state index in [2.05, 4.69) is 6.92 Å². The van der Waals surface area contributed by atoms with Crippen molar-refractivity contribution in [1.82, 2.24) is 0 Å². The van der Waals surface area contributed by atoms with Gasteiger partial charge >= 0.3 is 5.97 Å². The highest BCUT2D eigenvalue weighted by Crippen LogP contribution is 2.26. The number of ether oxygens (including phenoxy) is 1. The Morgan fingerprint density at radius 1 is 1.17 bits per heavy atom. The van der Waals surface area contributed by atoms with E-state index in [0.29, 0.717) is 19.3 Å². The van der Waals surface area contributed by atoms with Crippen LogP contribution in [0.5, 0.6) is 11.5 Å². The normalized spacial score (nSPS) is 13.5. The van der Waals surface area contributed by atoms with Crippen LogP contribution < -0.4 is 0 Å². The van der Waals surface area contributed by atoms with Gasteiger partial charge in [-0.3, -0.25) is 4.79 Å². The van der Waals surface area contributed by atoms with E-state index in [0.717, 1.165) is 31.2 Å². The Bertz CT molecular complexity index is 486. The van der Waals surface area contributed by atoms with E-state index in [-0.39, 0.29) is 23.6 Å². The van der Waals surface area contributed by atoms with E-state index in [1.54, 1.807) is 6.07 Å². The van der Waals surface area contributed by atoms with E-state index in [1.807, 2.05) is 0 Å². The molecule has 0 amide bonds. The zero-order valence-corrected chi connectivity index (χ0v) is 14.0. The first-order valence-electron chi connectivity index (χ1n) is 8.28. The number of carbonyl (C=O) groups is 1. The number of unbranched alkanes of at least 4 members (excludes halogenated alkanes) is 2. The maximum absolute atomic E-state index is 11.2. The highest BCUT2D eigenvalue weighted by atomic mass is 16.5. The number of rotatable bonds is 10. The van der Waals surface area contributed by atoms with Gasteiger partial charge in [-0.15, -0.1) is 0 Å². The first kappa shape index (κ1) is 19.3. The Morgan fingerprint density at radius 2 is 1.91 bits per heavy atom. The number of aryl methyl sites for hydroxylation is 1. The molecule has 1 aromatic rings. The van der Waals surface area contributed by atoms with E-state index in [9.17, 15) is 20.1 Å². The first-order chi connectivity index (χ1) is 10.9. The van der Waals surface area contributed by atoms with Crippen LogP contribution >= 0.6 is 0 Å². The second-order valence-corrected chi connectivity index (χ2v) is 5.98. The van der Waals surface area contributed by atoms with Crippen molar-refractivity contribution in [2.75, 3.05) is 0 Å². The van der Waals surface area contributed by atoms with Crippen molar-refractivity contribution in [2.24, 2.45) is 0 Å². The molecule has 1 rings (SSSR count). The van der Waals surface area contributed by atoms with Crippen molar-refractivity contribution in [3.63, 3.8) is 0 Å². The number of phenols is 2. The van der Waals surface area contributed by atoms with Gasteiger partial charge in [0.2, 0.25) is 0 Å². The Kier molecular flexibility index (Phi) is 8.48. The van der Waals surface area contributed by atoms with Gasteiger partial charge in [0, 0.05) is 13.3 Å². The van der Waals surface area contributed by atoms with Crippen molar-refractivity contribution < 1.29 is 24.9 Å². The molecule has 130 valence electrons. The van der Waals surface area contributed by atoms with Crippen molar-refractivity contribution in [1.29, 1.82) is 0 Å². The molecule has 0 bridgehead atoms. The summed E-state index contributed by atoms with van der Waals surface area (Å²) in [5, 5.41) is 28.9. The van der Waals surface area contributed by atoms with Gasteiger partial charge in [0.05, 0.1) is 6.10 Å². The second-order valence-electron chi connectivity index (χ2n) is 5.98. The summed E-state index contributed by atoms with van der Waals surface area (Å²) in [6.45, 7) is 3.50. The number of esters is 1. The summed E-state index contributed by atoms with van der Waals surface area (Å²) >= 11 is 0. The van der Waals surface area contributed by atoms with Gasteiger partial charge in [0.15, 0.2) is 11.5 Å². The number of aliphatic hydroxyl groups is 1. The fourth-order valence-electron chi connectivity index (χ4n) is 2.56. The maximum atomic E-state index is 11.2. The van der Waals surface area contributed by atoms with Crippen LogP contribution in [0.3, 0.4) is 0 Å². The lowest BCUT2D eigenvalue weighted by atomic mass is 9.99. The Morgan fingerprint density at radius 3 is 2.52 bits per heavy atom. The molecular weight excluding hydrogens is 296 g/mol.